The molecule has 0 radical (unpaired) electrons. The average Bonchev–Trinajstić information content (AvgIpc) is 2.37. The number of hydrogen-bond donors (Lipinski definition) is 3. The minimum Gasteiger partial charge on any atom is -0.394 e. The van der Waals surface area contributed by atoms with Gasteiger partial charge in [-0.05, 0) is 38.9 Å². The summed E-state index contributed by atoms with van der Waals surface area (Å²) < 4.78 is 0. The molecule has 1 aliphatic heterocycles. The van der Waals surface area contributed by atoms with Crippen molar-refractivity contribution >= 4 is 0 Å². The zero-order chi connectivity index (χ0) is 12.0. The SMILES string of the molecule is CCN1CCC(NC(CC)(CO)CO)CC1. The Kier molecular flexibility index (Phi) is 5.69. The molecular formula is C12H26N2O2. The normalized spacial score (nSPS) is 20.2. The summed E-state index contributed by atoms with van der Waals surface area (Å²) >= 11 is 0. The first-order chi connectivity index (χ1) is 7.69. The van der Waals surface area contributed by atoms with Gasteiger partial charge in [0.1, 0.15) is 0 Å². The van der Waals surface area contributed by atoms with Gasteiger partial charge in [-0.2, -0.15) is 0 Å². The van der Waals surface area contributed by atoms with Gasteiger partial charge in [-0.1, -0.05) is 13.8 Å². The maximum Gasteiger partial charge on any atom is 0.0647 e. The molecule has 96 valence electrons. The van der Waals surface area contributed by atoms with E-state index in [0.29, 0.717) is 6.04 Å². The Morgan fingerprint density at radius 2 is 1.75 bits per heavy atom. The zero-order valence-electron chi connectivity index (χ0n) is 10.6. The summed E-state index contributed by atoms with van der Waals surface area (Å²) in [6.45, 7) is 7.55. The smallest absolute Gasteiger partial charge is 0.0647 e. The van der Waals surface area contributed by atoms with Gasteiger partial charge < -0.3 is 20.4 Å². The lowest BCUT2D eigenvalue weighted by Gasteiger charge is -2.38. The number of aliphatic hydroxyl groups is 2. The van der Waals surface area contributed by atoms with Crippen LogP contribution < -0.4 is 5.32 Å². The second-order valence-electron chi connectivity index (χ2n) is 4.80. The molecule has 1 saturated heterocycles. The van der Waals surface area contributed by atoms with Crippen molar-refractivity contribution in [3.8, 4) is 0 Å². The van der Waals surface area contributed by atoms with Crippen LogP contribution in [0.25, 0.3) is 0 Å². The molecule has 1 fully saturated rings. The molecule has 0 aromatic rings. The Morgan fingerprint density at radius 3 is 2.12 bits per heavy atom. The van der Waals surface area contributed by atoms with Gasteiger partial charge in [0.2, 0.25) is 0 Å². The van der Waals surface area contributed by atoms with Crippen molar-refractivity contribution in [1.82, 2.24) is 10.2 Å². The van der Waals surface area contributed by atoms with Crippen LogP contribution in [-0.2, 0) is 0 Å². The van der Waals surface area contributed by atoms with Crippen LogP contribution in [0.3, 0.4) is 0 Å². The Bertz CT molecular complexity index is 179. The Labute approximate surface area is 98.6 Å². The second kappa shape index (κ2) is 6.55. The fraction of sp³-hybridized carbons (Fsp3) is 1.00. The van der Waals surface area contributed by atoms with Crippen LogP contribution in [0.5, 0.6) is 0 Å². The van der Waals surface area contributed by atoms with Gasteiger partial charge >= 0.3 is 0 Å². The van der Waals surface area contributed by atoms with E-state index in [4.69, 9.17) is 0 Å². The molecule has 3 N–H and O–H groups in total. The number of aliphatic hydroxyl groups excluding tert-OH is 2. The van der Waals surface area contributed by atoms with Crippen molar-refractivity contribution in [3.05, 3.63) is 0 Å². The number of rotatable bonds is 6. The van der Waals surface area contributed by atoms with E-state index in [1.54, 1.807) is 0 Å². The first-order valence-electron chi connectivity index (χ1n) is 6.41. The van der Waals surface area contributed by atoms with Crippen molar-refractivity contribution in [2.24, 2.45) is 0 Å². The van der Waals surface area contributed by atoms with Crippen LogP contribution in [0.1, 0.15) is 33.1 Å². The highest BCUT2D eigenvalue weighted by Gasteiger charge is 2.30. The molecule has 0 spiro atoms. The molecule has 4 nitrogen and oxygen atoms in total. The largest absolute Gasteiger partial charge is 0.394 e. The number of piperidine rings is 1. The molecule has 0 saturated carbocycles. The molecule has 0 aromatic heterocycles. The molecule has 0 unspecified atom stereocenters. The molecule has 0 aromatic carbocycles. The first kappa shape index (κ1) is 13.9. The second-order valence-corrected chi connectivity index (χ2v) is 4.80. The maximum absolute atomic E-state index is 9.37. The number of nitrogens with zero attached hydrogens (tertiary/aromatic N) is 1. The highest BCUT2D eigenvalue weighted by molar-refractivity contribution is 4.90. The van der Waals surface area contributed by atoms with Crippen molar-refractivity contribution in [1.29, 1.82) is 0 Å². The molecule has 4 heteroatoms. The molecule has 0 aliphatic carbocycles. The Balaban J connectivity index is 2.42. The molecular weight excluding hydrogens is 204 g/mol. The highest BCUT2D eigenvalue weighted by Crippen LogP contribution is 2.16. The minimum atomic E-state index is -0.487. The number of likely N-dealkylation sites (tertiary alicyclic amines) is 1. The number of hydrogen-bond acceptors (Lipinski definition) is 4. The quantitative estimate of drug-likeness (QED) is 0.610. The van der Waals surface area contributed by atoms with Gasteiger partial charge in [-0.3, -0.25) is 0 Å². The van der Waals surface area contributed by atoms with Crippen molar-refractivity contribution in [3.63, 3.8) is 0 Å². The molecule has 16 heavy (non-hydrogen) atoms. The summed E-state index contributed by atoms with van der Waals surface area (Å²) in [5.41, 5.74) is -0.487. The maximum atomic E-state index is 9.37. The summed E-state index contributed by atoms with van der Waals surface area (Å²) in [5, 5.41) is 22.2. The van der Waals surface area contributed by atoms with Crippen LogP contribution in [-0.4, -0.2) is 59.5 Å². The van der Waals surface area contributed by atoms with Gasteiger partial charge in [-0.25, -0.2) is 0 Å². The Hall–Kier alpha value is -0.160. The third kappa shape index (κ3) is 3.42. The van der Waals surface area contributed by atoms with Crippen LogP contribution in [0.15, 0.2) is 0 Å². The highest BCUT2D eigenvalue weighted by atomic mass is 16.3. The molecule has 1 aliphatic rings. The van der Waals surface area contributed by atoms with Gasteiger partial charge in [-0.15, -0.1) is 0 Å². The third-order valence-electron chi connectivity index (χ3n) is 3.83. The first-order valence-corrected chi connectivity index (χ1v) is 6.41. The lowest BCUT2D eigenvalue weighted by molar-refractivity contribution is 0.0659. The third-order valence-corrected chi connectivity index (χ3v) is 3.83. The van der Waals surface area contributed by atoms with E-state index in [1.807, 2.05) is 6.92 Å². The van der Waals surface area contributed by atoms with E-state index in [0.717, 1.165) is 38.9 Å². The van der Waals surface area contributed by atoms with Gasteiger partial charge in [0, 0.05) is 6.04 Å². The average molecular weight is 230 g/mol. The standard InChI is InChI=1S/C12H26N2O2/c1-3-12(9-15,10-16)13-11-5-7-14(4-2)8-6-11/h11,13,15-16H,3-10H2,1-2H3. The number of nitrogens with one attached hydrogen (secondary N) is 1. The van der Waals surface area contributed by atoms with E-state index < -0.39 is 5.54 Å². The van der Waals surface area contributed by atoms with E-state index in [1.165, 1.54) is 0 Å². The molecule has 0 amide bonds. The van der Waals surface area contributed by atoms with E-state index in [-0.39, 0.29) is 13.2 Å². The van der Waals surface area contributed by atoms with Crippen LogP contribution in [0.4, 0.5) is 0 Å². The van der Waals surface area contributed by atoms with Crippen LogP contribution in [0.2, 0.25) is 0 Å². The topological polar surface area (TPSA) is 55.7 Å². The summed E-state index contributed by atoms with van der Waals surface area (Å²) in [6.07, 6.45) is 2.97. The van der Waals surface area contributed by atoms with E-state index in [2.05, 4.69) is 17.1 Å². The van der Waals surface area contributed by atoms with Gasteiger partial charge in [0.05, 0.1) is 18.8 Å². The molecule has 1 heterocycles. The fourth-order valence-electron chi connectivity index (χ4n) is 2.29. The molecule has 0 bridgehead atoms. The predicted molar refractivity (Wildman–Crippen MR) is 65.5 cm³/mol. The summed E-state index contributed by atoms with van der Waals surface area (Å²) in [7, 11) is 0. The van der Waals surface area contributed by atoms with Crippen molar-refractivity contribution in [2.45, 2.75) is 44.7 Å². The lowest BCUT2D eigenvalue weighted by Crippen LogP contribution is -2.57. The lowest BCUT2D eigenvalue weighted by atomic mass is 9.94. The molecule has 0 atom stereocenters. The Morgan fingerprint density at radius 1 is 1.19 bits per heavy atom. The van der Waals surface area contributed by atoms with Crippen LogP contribution >= 0.6 is 0 Å². The minimum absolute atomic E-state index is 0.00793. The summed E-state index contributed by atoms with van der Waals surface area (Å²) in [6, 6.07) is 0.432. The summed E-state index contributed by atoms with van der Waals surface area (Å²) in [5.74, 6) is 0. The molecule has 1 rings (SSSR count). The van der Waals surface area contributed by atoms with Crippen LogP contribution in [0, 0.1) is 0 Å². The van der Waals surface area contributed by atoms with Gasteiger partial charge in [0.15, 0.2) is 0 Å². The monoisotopic (exact) mass is 230 g/mol. The summed E-state index contributed by atoms with van der Waals surface area (Å²) in [4.78, 5) is 2.43. The van der Waals surface area contributed by atoms with Gasteiger partial charge in [0.25, 0.3) is 0 Å². The van der Waals surface area contributed by atoms with E-state index in [9.17, 15) is 10.2 Å². The van der Waals surface area contributed by atoms with E-state index >= 15 is 0 Å². The zero-order valence-corrected chi connectivity index (χ0v) is 10.6. The fourth-order valence-corrected chi connectivity index (χ4v) is 2.29. The predicted octanol–water partition coefficient (Wildman–Crippen LogP) is 0.194. The van der Waals surface area contributed by atoms with Crippen molar-refractivity contribution in [2.75, 3.05) is 32.8 Å². The van der Waals surface area contributed by atoms with Crippen molar-refractivity contribution < 1.29 is 10.2 Å².